The van der Waals surface area contributed by atoms with Gasteiger partial charge in [0.15, 0.2) is 5.13 Å². The minimum absolute atomic E-state index is 0.0787. The Bertz CT molecular complexity index is 477. The predicted octanol–water partition coefficient (Wildman–Crippen LogP) is -0.446. The molecule has 112 valence electrons. The largest absolute Gasteiger partial charge is 0.382 e. The van der Waals surface area contributed by atoms with Gasteiger partial charge in [0.05, 0.1) is 0 Å². The number of rotatable bonds is 5. The normalized spacial score (nSPS) is 18.6. The molecule has 1 aliphatic rings. The van der Waals surface area contributed by atoms with Crippen LogP contribution in [0, 0.1) is 0 Å². The molecule has 2 rings (SSSR count). The van der Waals surface area contributed by atoms with Crippen LogP contribution in [0.4, 0.5) is 10.9 Å². The number of hydrogen-bond acceptors (Lipinski definition) is 7. The summed E-state index contributed by atoms with van der Waals surface area (Å²) >= 11 is 1.35. The summed E-state index contributed by atoms with van der Waals surface area (Å²) in [7, 11) is 3.62. The lowest BCUT2D eigenvalue weighted by atomic mass is 10.3. The Balaban J connectivity index is 2.09. The lowest BCUT2D eigenvalue weighted by Crippen LogP contribution is -2.32. The van der Waals surface area contributed by atoms with Crippen LogP contribution in [0.1, 0.15) is 16.1 Å². The summed E-state index contributed by atoms with van der Waals surface area (Å²) < 4.78 is 0. The second kappa shape index (κ2) is 6.38. The van der Waals surface area contributed by atoms with E-state index in [-0.39, 0.29) is 11.9 Å². The molecule has 1 atom stereocenters. The number of nitrogens with one attached hydrogen (secondary N) is 1. The molecule has 1 amide bonds. The second-order valence-electron chi connectivity index (χ2n) is 5.04. The van der Waals surface area contributed by atoms with Crippen LogP contribution in [-0.4, -0.2) is 62.1 Å². The van der Waals surface area contributed by atoms with Crippen LogP contribution in [0.3, 0.4) is 0 Å². The molecule has 0 radical (unpaired) electrons. The van der Waals surface area contributed by atoms with Crippen molar-refractivity contribution in [1.82, 2.24) is 15.2 Å². The maximum absolute atomic E-state index is 12.3. The number of nitrogens with two attached hydrogens (primary N) is 2. The number of nitrogen functional groups attached to an aromatic ring is 1. The van der Waals surface area contributed by atoms with Gasteiger partial charge in [0, 0.05) is 39.3 Å². The third kappa shape index (κ3) is 3.20. The summed E-state index contributed by atoms with van der Waals surface area (Å²) in [6.45, 7) is 3.03. The molecule has 0 bridgehead atoms. The number of carbonyl (C=O) groups excluding carboxylic acids is 1. The SMILES string of the molecule is CNCCN(C)C(=O)c1sc(N2CCC(N)C2)nc1N. The van der Waals surface area contributed by atoms with Crippen molar-refractivity contribution in [2.75, 3.05) is 50.9 Å². The van der Waals surface area contributed by atoms with Gasteiger partial charge in [0.1, 0.15) is 10.7 Å². The summed E-state index contributed by atoms with van der Waals surface area (Å²) in [4.78, 5) is 20.9. The summed E-state index contributed by atoms with van der Waals surface area (Å²) in [5, 5.41) is 3.81. The van der Waals surface area contributed by atoms with E-state index in [0.29, 0.717) is 17.2 Å². The van der Waals surface area contributed by atoms with Crippen molar-refractivity contribution in [1.29, 1.82) is 0 Å². The minimum atomic E-state index is -0.0787. The molecule has 1 saturated heterocycles. The molecule has 20 heavy (non-hydrogen) atoms. The smallest absolute Gasteiger partial charge is 0.267 e. The van der Waals surface area contributed by atoms with Crippen LogP contribution in [0.25, 0.3) is 0 Å². The van der Waals surface area contributed by atoms with E-state index in [9.17, 15) is 4.79 Å². The number of amides is 1. The lowest BCUT2D eigenvalue weighted by Gasteiger charge is -2.16. The van der Waals surface area contributed by atoms with E-state index in [1.54, 1.807) is 11.9 Å². The van der Waals surface area contributed by atoms with Crippen molar-refractivity contribution in [3.05, 3.63) is 4.88 Å². The van der Waals surface area contributed by atoms with Gasteiger partial charge in [-0.3, -0.25) is 4.79 Å². The van der Waals surface area contributed by atoms with Crippen LogP contribution in [0.2, 0.25) is 0 Å². The van der Waals surface area contributed by atoms with Crippen molar-refractivity contribution >= 4 is 28.2 Å². The number of aromatic nitrogens is 1. The van der Waals surface area contributed by atoms with Gasteiger partial charge in [0.2, 0.25) is 0 Å². The first-order valence-electron chi connectivity index (χ1n) is 6.69. The number of nitrogens with zero attached hydrogens (tertiary/aromatic N) is 3. The van der Waals surface area contributed by atoms with Gasteiger partial charge in [-0.15, -0.1) is 0 Å². The van der Waals surface area contributed by atoms with Gasteiger partial charge in [-0.25, -0.2) is 4.98 Å². The third-order valence-corrected chi connectivity index (χ3v) is 4.50. The Labute approximate surface area is 122 Å². The fourth-order valence-corrected chi connectivity index (χ4v) is 3.14. The molecule has 0 spiro atoms. The molecule has 1 aliphatic heterocycles. The van der Waals surface area contributed by atoms with Gasteiger partial charge in [-0.05, 0) is 13.5 Å². The van der Waals surface area contributed by atoms with Crippen molar-refractivity contribution in [3.63, 3.8) is 0 Å². The highest BCUT2D eigenvalue weighted by Crippen LogP contribution is 2.30. The Morgan fingerprint density at radius 2 is 2.40 bits per heavy atom. The quantitative estimate of drug-likeness (QED) is 0.681. The molecule has 0 aliphatic carbocycles. The summed E-state index contributed by atoms with van der Waals surface area (Å²) in [5.41, 5.74) is 11.8. The van der Waals surface area contributed by atoms with Crippen molar-refractivity contribution in [2.45, 2.75) is 12.5 Å². The zero-order chi connectivity index (χ0) is 14.7. The third-order valence-electron chi connectivity index (χ3n) is 3.38. The monoisotopic (exact) mass is 298 g/mol. The molecular formula is C12H22N6OS. The highest BCUT2D eigenvalue weighted by Gasteiger charge is 2.25. The highest BCUT2D eigenvalue weighted by molar-refractivity contribution is 7.18. The molecule has 5 N–H and O–H groups in total. The van der Waals surface area contributed by atoms with E-state index in [4.69, 9.17) is 11.5 Å². The number of hydrogen-bond donors (Lipinski definition) is 3. The molecule has 1 fully saturated rings. The molecular weight excluding hydrogens is 276 g/mol. The first-order valence-corrected chi connectivity index (χ1v) is 7.51. The van der Waals surface area contributed by atoms with E-state index in [2.05, 4.69) is 15.2 Å². The molecule has 1 aromatic heterocycles. The van der Waals surface area contributed by atoms with Crippen LogP contribution < -0.4 is 21.7 Å². The van der Waals surface area contributed by atoms with Crippen molar-refractivity contribution in [2.24, 2.45) is 5.73 Å². The maximum Gasteiger partial charge on any atom is 0.267 e. The first kappa shape index (κ1) is 15.0. The zero-order valence-electron chi connectivity index (χ0n) is 11.9. The topological polar surface area (TPSA) is 101 Å². The van der Waals surface area contributed by atoms with Gasteiger partial charge < -0.3 is 26.6 Å². The van der Waals surface area contributed by atoms with E-state index in [0.717, 1.165) is 31.2 Å². The number of likely N-dealkylation sites (N-methyl/N-ethyl adjacent to an activating group) is 2. The van der Waals surface area contributed by atoms with Crippen molar-refractivity contribution in [3.8, 4) is 0 Å². The Hall–Kier alpha value is -1.38. The zero-order valence-corrected chi connectivity index (χ0v) is 12.7. The van der Waals surface area contributed by atoms with Crippen molar-refractivity contribution < 1.29 is 4.79 Å². The highest BCUT2D eigenvalue weighted by atomic mass is 32.1. The Morgan fingerprint density at radius 3 is 3.00 bits per heavy atom. The Morgan fingerprint density at radius 1 is 1.65 bits per heavy atom. The van der Waals surface area contributed by atoms with Crippen LogP contribution in [0.15, 0.2) is 0 Å². The maximum atomic E-state index is 12.3. The lowest BCUT2D eigenvalue weighted by molar-refractivity contribution is 0.0802. The number of carbonyl (C=O) groups is 1. The van der Waals surface area contributed by atoms with E-state index in [1.165, 1.54) is 11.3 Å². The molecule has 1 aromatic rings. The molecule has 1 unspecified atom stereocenters. The van der Waals surface area contributed by atoms with Gasteiger partial charge >= 0.3 is 0 Å². The summed E-state index contributed by atoms with van der Waals surface area (Å²) in [5.74, 6) is 0.233. The van der Waals surface area contributed by atoms with E-state index >= 15 is 0 Å². The van der Waals surface area contributed by atoms with Gasteiger partial charge in [-0.1, -0.05) is 11.3 Å². The molecule has 2 heterocycles. The average molecular weight is 298 g/mol. The van der Waals surface area contributed by atoms with E-state index < -0.39 is 0 Å². The second-order valence-corrected chi connectivity index (χ2v) is 6.01. The average Bonchev–Trinajstić information content (AvgIpc) is 3.01. The first-order chi connectivity index (χ1) is 9.52. The van der Waals surface area contributed by atoms with E-state index in [1.807, 2.05) is 7.05 Å². The fraction of sp³-hybridized carbons (Fsp3) is 0.667. The van der Waals surface area contributed by atoms with Gasteiger partial charge in [0.25, 0.3) is 5.91 Å². The molecule has 7 nitrogen and oxygen atoms in total. The van der Waals surface area contributed by atoms with Crippen LogP contribution in [-0.2, 0) is 0 Å². The summed E-state index contributed by atoms with van der Waals surface area (Å²) in [6, 6.07) is 0.178. The summed E-state index contributed by atoms with van der Waals surface area (Å²) in [6.07, 6.45) is 0.949. The minimum Gasteiger partial charge on any atom is -0.382 e. The van der Waals surface area contributed by atoms with Gasteiger partial charge in [-0.2, -0.15) is 0 Å². The number of thiazole rings is 1. The standard InChI is InChI=1S/C12H22N6OS/c1-15-4-6-17(2)11(19)9-10(14)16-12(20-9)18-5-3-8(13)7-18/h8,15H,3-7,13-14H2,1-2H3. The molecule has 0 aromatic carbocycles. The predicted molar refractivity (Wildman–Crippen MR) is 82.2 cm³/mol. The molecule has 8 heteroatoms. The number of anilines is 2. The fourth-order valence-electron chi connectivity index (χ4n) is 2.12. The van der Waals surface area contributed by atoms with Crippen LogP contribution >= 0.6 is 11.3 Å². The molecule has 0 saturated carbocycles. The van der Waals surface area contributed by atoms with Crippen LogP contribution in [0.5, 0.6) is 0 Å². The Kier molecular flexibility index (Phi) is 4.79.